The predicted octanol–water partition coefficient (Wildman–Crippen LogP) is 5.34. The maximum atomic E-state index is 9.58. The van der Waals surface area contributed by atoms with E-state index in [9.17, 15) is 5.11 Å². The minimum Gasteiger partial charge on any atom is -0.457 e. The average Bonchev–Trinajstić information content (AvgIpc) is 2.47. The zero-order valence-electron chi connectivity index (χ0n) is 11.6. The third kappa shape index (κ3) is 3.02. The van der Waals surface area contributed by atoms with Crippen molar-refractivity contribution in [3.05, 3.63) is 71.2 Å². The smallest absolute Gasteiger partial charge is 0.128 e. The summed E-state index contributed by atoms with van der Waals surface area (Å²) in [7, 11) is 0. The van der Waals surface area contributed by atoms with Crippen molar-refractivity contribution in [3.63, 3.8) is 0 Å². The van der Waals surface area contributed by atoms with Crippen molar-refractivity contribution in [3.8, 4) is 11.5 Å². The van der Waals surface area contributed by atoms with Crippen LogP contribution in [0.15, 0.2) is 60.7 Å². The first-order valence-corrected chi connectivity index (χ1v) is 7.15. The molecule has 0 bridgehead atoms. The van der Waals surface area contributed by atoms with Gasteiger partial charge in [-0.2, -0.15) is 0 Å². The van der Waals surface area contributed by atoms with Gasteiger partial charge in [-0.05, 0) is 47.5 Å². The lowest BCUT2D eigenvalue weighted by molar-refractivity contribution is 0.199. The molecule has 3 rings (SSSR count). The summed E-state index contributed by atoms with van der Waals surface area (Å²) < 4.78 is 5.84. The number of rotatable bonds is 3. The van der Waals surface area contributed by atoms with Gasteiger partial charge in [0.2, 0.25) is 0 Å². The molecule has 3 aromatic rings. The minimum atomic E-state index is -0.591. The van der Waals surface area contributed by atoms with Gasteiger partial charge in [-0.25, -0.2) is 0 Å². The van der Waals surface area contributed by atoms with Crippen LogP contribution in [0.3, 0.4) is 0 Å². The number of ether oxygens (including phenoxy) is 1. The first-order chi connectivity index (χ1) is 10.1. The van der Waals surface area contributed by atoms with E-state index in [4.69, 9.17) is 16.3 Å². The van der Waals surface area contributed by atoms with E-state index in [0.717, 1.165) is 11.1 Å². The second kappa shape index (κ2) is 5.76. The fourth-order valence-corrected chi connectivity index (χ4v) is 2.61. The Morgan fingerprint density at radius 1 is 0.905 bits per heavy atom. The topological polar surface area (TPSA) is 29.5 Å². The highest BCUT2D eigenvalue weighted by atomic mass is 35.5. The molecule has 3 aromatic carbocycles. The lowest BCUT2D eigenvalue weighted by Crippen LogP contribution is -1.93. The standard InChI is InChI=1S/C18H15ClO2/c1-12(20)17-9-8-16(11-18(17)19)21-15-7-6-13-4-2-3-5-14(13)10-15/h2-12,20H,1H3. The van der Waals surface area contributed by atoms with Gasteiger partial charge in [0.05, 0.1) is 11.1 Å². The van der Waals surface area contributed by atoms with Crippen LogP contribution in [0.1, 0.15) is 18.6 Å². The second-order valence-electron chi connectivity index (χ2n) is 4.97. The van der Waals surface area contributed by atoms with Crippen LogP contribution in [0, 0.1) is 0 Å². The second-order valence-corrected chi connectivity index (χ2v) is 5.38. The lowest BCUT2D eigenvalue weighted by Gasteiger charge is -2.11. The van der Waals surface area contributed by atoms with Crippen molar-refractivity contribution in [2.24, 2.45) is 0 Å². The molecule has 21 heavy (non-hydrogen) atoms. The van der Waals surface area contributed by atoms with Crippen molar-refractivity contribution < 1.29 is 9.84 Å². The highest BCUT2D eigenvalue weighted by Crippen LogP contribution is 2.31. The molecular formula is C18H15ClO2. The molecule has 1 unspecified atom stereocenters. The number of fused-ring (bicyclic) bond motifs is 1. The Morgan fingerprint density at radius 3 is 2.29 bits per heavy atom. The summed E-state index contributed by atoms with van der Waals surface area (Å²) in [6.45, 7) is 1.69. The van der Waals surface area contributed by atoms with E-state index in [1.54, 1.807) is 19.1 Å². The number of aliphatic hydroxyl groups excluding tert-OH is 1. The van der Waals surface area contributed by atoms with Crippen LogP contribution in [-0.2, 0) is 0 Å². The molecule has 3 heteroatoms. The Bertz CT molecular complexity index is 781. The van der Waals surface area contributed by atoms with E-state index >= 15 is 0 Å². The third-order valence-electron chi connectivity index (χ3n) is 3.38. The molecule has 0 aliphatic heterocycles. The SMILES string of the molecule is CC(O)c1ccc(Oc2ccc3ccccc3c2)cc1Cl. The van der Waals surface area contributed by atoms with Crippen LogP contribution in [0.2, 0.25) is 5.02 Å². The molecule has 0 heterocycles. The van der Waals surface area contributed by atoms with E-state index in [-0.39, 0.29) is 0 Å². The van der Waals surface area contributed by atoms with Crippen molar-refractivity contribution in [1.29, 1.82) is 0 Å². The molecule has 0 aliphatic rings. The van der Waals surface area contributed by atoms with Crippen LogP contribution in [0.5, 0.6) is 11.5 Å². The van der Waals surface area contributed by atoms with Gasteiger partial charge in [0.15, 0.2) is 0 Å². The molecule has 0 radical (unpaired) electrons. The molecule has 0 spiro atoms. The van der Waals surface area contributed by atoms with Crippen LogP contribution in [0.25, 0.3) is 10.8 Å². The van der Waals surface area contributed by atoms with Crippen molar-refractivity contribution in [2.45, 2.75) is 13.0 Å². The summed E-state index contributed by atoms with van der Waals surface area (Å²) in [5.41, 5.74) is 0.697. The normalized spacial score (nSPS) is 12.3. The Labute approximate surface area is 128 Å². The molecule has 0 saturated carbocycles. The van der Waals surface area contributed by atoms with E-state index < -0.39 is 6.10 Å². The predicted molar refractivity (Wildman–Crippen MR) is 86.1 cm³/mol. The van der Waals surface area contributed by atoms with Crippen LogP contribution in [-0.4, -0.2) is 5.11 Å². The fraction of sp³-hybridized carbons (Fsp3) is 0.111. The summed E-state index contributed by atoms with van der Waals surface area (Å²) in [5, 5.41) is 12.4. The van der Waals surface area contributed by atoms with E-state index in [2.05, 4.69) is 6.07 Å². The summed E-state index contributed by atoms with van der Waals surface area (Å²) in [6.07, 6.45) is -0.591. The van der Waals surface area contributed by atoms with Gasteiger partial charge in [0.1, 0.15) is 11.5 Å². The largest absolute Gasteiger partial charge is 0.457 e. The quantitative estimate of drug-likeness (QED) is 0.707. The summed E-state index contributed by atoms with van der Waals surface area (Å²) in [4.78, 5) is 0. The van der Waals surface area contributed by atoms with Gasteiger partial charge in [0, 0.05) is 0 Å². The molecule has 1 atom stereocenters. The number of halogens is 1. The number of hydrogen-bond acceptors (Lipinski definition) is 2. The van der Waals surface area contributed by atoms with E-state index in [0.29, 0.717) is 16.3 Å². The Kier molecular flexibility index (Phi) is 3.82. The highest BCUT2D eigenvalue weighted by molar-refractivity contribution is 6.31. The minimum absolute atomic E-state index is 0.503. The van der Waals surface area contributed by atoms with Crippen LogP contribution < -0.4 is 4.74 Å². The van der Waals surface area contributed by atoms with Crippen molar-refractivity contribution in [1.82, 2.24) is 0 Å². The molecule has 0 fully saturated rings. The maximum absolute atomic E-state index is 9.58. The monoisotopic (exact) mass is 298 g/mol. The summed E-state index contributed by atoms with van der Waals surface area (Å²) in [6, 6.07) is 19.4. The molecule has 0 aliphatic carbocycles. The number of aliphatic hydroxyl groups is 1. The Morgan fingerprint density at radius 2 is 1.57 bits per heavy atom. The first-order valence-electron chi connectivity index (χ1n) is 6.77. The van der Waals surface area contributed by atoms with Crippen molar-refractivity contribution >= 4 is 22.4 Å². The molecule has 2 nitrogen and oxygen atoms in total. The Hall–Kier alpha value is -2.03. The Balaban J connectivity index is 1.89. The van der Waals surface area contributed by atoms with Gasteiger partial charge in [-0.15, -0.1) is 0 Å². The van der Waals surface area contributed by atoms with Gasteiger partial charge in [-0.3, -0.25) is 0 Å². The van der Waals surface area contributed by atoms with Gasteiger partial charge >= 0.3 is 0 Å². The number of benzene rings is 3. The molecule has 0 amide bonds. The summed E-state index contributed by atoms with van der Waals surface area (Å²) >= 11 is 6.15. The lowest BCUT2D eigenvalue weighted by atomic mass is 10.1. The van der Waals surface area contributed by atoms with E-state index in [1.807, 2.05) is 42.5 Å². The van der Waals surface area contributed by atoms with Crippen molar-refractivity contribution in [2.75, 3.05) is 0 Å². The van der Waals surface area contributed by atoms with E-state index in [1.165, 1.54) is 5.39 Å². The average molecular weight is 299 g/mol. The molecule has 0 aromatic heterocycles. The zero-order valence-corrected chi connectivity index (χ0v) is 12.3. The highest BCUT2D eigenvalue weighted by Gasteiger charge is 2.08. The molecule has 1 N–H and O–H groups in total. The maximum Gasteiger partial charge on any atom is 0.128 e. The molecule has 106 valence electrons. The summed E-state index contributed by atoms with van der Waals surface area (Å²) in [5.74, 6) is 1.41. The number of hydrogen-bond donors (Lipinski definition) is 1. The van der Waals surface area contributed by atoms with Crippen LogP contribution >= 0.6 is 11.6 Å². The zero-order chi connectivity index (χ0) is 14.8. The fourth-order valence-electron chi connectivity index (χ4n) is 2.28. The van der Waals surface area contributed by atoms with Crippen LogP contribution in [0.4, 0.5) is 0 Å². The molecule has 0 saturated heterocycles. The first kappa shape index (κ1) is 13.9. The molecular weight excluding hydrogens is 284 g/mol. The third-order valence-corrected chi connectivity index (χ3v) is 3.71. The van der Waals surface area contributed by atoms with Gasteiger partial charge < -0.3 is 9.84 Å². The van der Waals surface area contributed by atoms with Gasteiger partial charge in [0.25, 0.3) is 0 Å². The van der Waals surface area contributed by atoms with Gasteiger partial charge in [-0.1, -0.05) is 48.0 Å².